The normalized spacial score (nSPS) is 43.8. The second-order valence-electron chi connectivity index (χ2n) is 19.2. The van der Waals surface area contributed by atoms with Crippen molar-refractivity contribution in [2.24, 2.45) is 51.9 Å². The molecule has 2 saturated heterocycles. The van der Waals surface area contributed by atoms with E-state index in [1.165, 1.54) is 13.3 Å². The van der Waals surface area contributed by atoms with E-state index in [9.17, 15) is 19.8 Å². The Bertz CT molecular complexity index is 1590. The molecular formula is C41H60N3O8. The zero-order chi connectivity index (χ0) is 37.4. The third-order valence-corrected chi connectivity index (χ3v) is 15.9. The number of aromatic nitrogens is 2. The topological polar surface area (TPSA) is 133 Å². The van der Waals surface area contributed by atoms with Crippen molar-refractivity contribution in [3.8, 4) is 0 Å². The summed E-state index contributed by atoms with van der Waals surface area (Å²) in [7, 11) is 1.84. The maximum absolute atomic E-state index is 13.3. The number of morpholine rings is 1. The molecule has 0 bridgehead atoms. The number of hydrogen-bond donors (Lipinski definition) is 2. The Morgan fingerprint density at radius 2 is 1.88 bits per heavy atom. The van der Waals surface area contributed by atoms with Gasteiger partial charge < -0.3 is 38.6 Å². The van der Waals surface area contributed by atoms with Crippen LogP contribution in [-0.2, 0) is 30.8 Å². The standard InChI is InChI=1S/C41H60N3O8/c1-23-20-25(33(37(5,6)48)50-24(2)45)51-31-30(23)38(7)14-15-41-22-40(41)13-12-28(36(3,4)26(40)10-11-27(41)39(38,8)32(31)46)52-29-21-44(18-19-49-29)35(47)34-42-16-17-43(34)9/h16-17,23,26,28-30,32-33,46,48H,10-15,18-22H2,1-9H3/t23-,26+,28+,29+,30+,32+,33+,38-,39-,40-,41+/m1/s1. The number of esters is 1. The van der Waals surface area contributed by atoms with Crippen molar-refractivity contribution < 1.29 is 38.7 Å². The molecule has 1 aromatic rings. The van der Waals surface area contributed by atoms with Gasteiger partial charge >= 0.3 is 5.97 Å². The summed E-state index contributed by atoms with van der Waals surface area (Å²) in [5.41, 5.74) is -1.77. The number of imidazole rings is 1. The lowest BCUT2D eigenvalue weighted by atomic mass is 9.41. The Balaban J connectivity index is 1.01. The van der Waals surface area contributed by atoms with Gasteiger partial charge in [-0.15, -0.1) is 0 Å². The van der Waals surface area contributed by atoms with Crippen molar-refractivity contribution in [3.05, 3.63) is 36.3 Å². The molecule has 0 unspecified atom stereocenters. The summed E-state index contributed by atoms with van der Waals surface area (Å²) in [6.07, 6.45) is 10.4. The second kappa shape index (κ2) is 12.0. The highest BCUT2D eigenvalue weighted by Crippen LogP contribution is 2.90. The van der Waals surface area contributed by atoms with Gasteiger partial charge in [0.15, 0.2) is 18.2 Å². The van der Waals surface area contributed by atoms with E-state index < -0.39 is 35.5 Å². The SMILES string of the molecule is CC(=O)O[C@@H]([C]1C[C@@H](C)[C@H]2[C](O1)[C@H](O)[C@@]1(C)[C]3CC[C@H]4C(C)(C)[C@@H](O[C@H]5CN(C(=O)c6nccn6C)CCO5)CC[C@@]45C[C@@]35CC[C@]21C)C(C)(C)O. The van der Waals surface area contributed by atoms with Crippen LogP contribution in [0.1, 0.15) is 117 Å². The van der Waals surface area contributed by atoms with Gasteiger partial charge in [-0.1, -0.05) is 34.6 Å². The van der Waals surface area contributed by atoms with Crippen LogP contribution in [0.2, 0.25) is 0 Å². The van der Waals surface area contributed by atoms with Crippen molar-refractivity contribution >= 4 is 11.9 Å². The lowest BCUT2D eigenvalue weighted by Crippen LogP contribution is -2.59. The van der Waals surface area contributed by atoms with Crippen LogP contribution in [0.25, 0.3) is 0 Å². The lowest BCUT2D eigenvalue weighted by molar-refractivity contribution is -0.239. The fourth-order valence-electron chi connectivity index (χ4n) is 13.4. The van der Waals surface area contributed by atoms with Crippen LogP contribution in [-0.4, -0.2) is 86.4 Å². The van der Waals surface area contributed by atoms with Crippen LogP contribution in [0.3, 0.4) is 0 Å². The highest BCUT2D eigenvalue weighted by molar-refractivity contribution is 5.90. The number of amides is 1. The first-order valence-electron chi connectivity index (χ1n) is 19.7. The lowest BCUT2D eigenvalue weighted by Gasteiger charge is -2.63. The summed E-state index contributed by atoms with van der Waals surface area (Å²) in [5, 5.41) is 23.6. The number of rotatable bonds is 6. The highest BCUT2D eigenvalue weighted by atomic mass is 16.7. The molecule has 5 saturated carbocycles. The maximum atomic E-state index is 13.3. The molecule has 11 nitrogen and oxygen atoms in total. The van der Waals surface area contributed by atoms with Gasteiger partial charge in [0.05, 0.1) is 31.0 Å². The molecule has 3 heterocycles. The molecule has 1 amide bonds. The summed E-state index contributed by atoms with van der Waals surface area (Å²) in [6, 6.07) is 0. The van der Waals surface area contributed by atoms with Crippen molar-refractivity contribution in [1.82, 2.24) is 14.5 Å². The molecular weight excluding hydrogens is 662 g/mol. The number of fused-ring (bicyclic) bond motifs is 4. The van der Waals surface area contributed by atoms with Crippen molar-refractivity contribution in [2.45, 2.75) is 137 Å². The molecule has 2 aliphatic heterocycles. The van der Waals surface area contributed by atoms with Crippen LogP contribution in [0.5, 0.6) is 0 Å². The molecule has 8 rings (SSSR count). The summed E-state index contributed by atoms with van der Waals surface area (Å²) in [6.45, 7) is 17.7. The van der Waals surface area contributed by atoms with Gasteiger partial charge in [-0.25, -0.2) is 4.98 Å². The Morgan fingerprint density at radius 3 is 2.56 bits per heavy atom. The predicted molar refractivity (Wildman–Crippen MR) is 190 cm³/mol. The molecule has 7 fully saturated rings. The third-order valence-electron chi connectivity index (χ3n) is 15.9. The molecule has 287 valence electrons. The Morgan fingerprint density at radius 1 is 1.13 bits per heavy atom. The number of carbonyl (C=O) groups is 2. The average molecular weight is 723 g/mol. The van der Waals surface area contributed by atoms with Gasteiger partial charge in [0.1, 0.15) is 12.2 Å². The highest BCUT2D eigenvalue weighted by Gasteiger charge is 2.85. The van der Waals surface area contributed by atoms with Crippen LogP contribution >= 0.6 is 0 Å². The third kappa shape index (κ3) is 4.96. The van der Waals surface area contributed by atoms with Crippen LogP contribution < -0.4 is 0 Å². The van der Waals surface area contributed by atoms with Gasteiger partial charge in [-0.2, -0.15) is 0 Å². The Kier molecular flexibility index (Phi) is 8.50. The van der Waals surface area contributed by atoms with Gasteiger partial charge in [0, 0.05) is 44.2 Å². The number of aliphatic hydroxyl groups is 2. The molecule has 52 heavy (non-hydrogen) atoms. The van der Waals surface area contributed by atoms with E-state index in [2.05, 4.69) is 39.6 Å². The minimum Gasteiger partial charge on any atom is -0.456 e. The van der Waals surface area contributed by atoms with Crippen molar-refractivity contribution in [3.63, 3.8) is 0 Å². The number of hydrogen-bond acceptors (Lipinski definition) is 9. The van der Waals surface area contributed by atoms with Gasteiger partial charge in [0.2, 0.25) is 0 Å². The molecule has 11 heteroatoms. The van der Waals surface area contributed by atoms with Crippen LogP contribution in [0, 0.1) is 63.0 Å². The molecule has 0 aromatic carbocycles. The number of aliphatic hydroxyl groups excluding tert-OH is 1. The first kappa shape index (κ1) is 36.9. The molecule has 3 radical (unpaired) electrons. The van der Waals surface area contributed by atoms with Gasteiger partial charge in [0.25, 0.3) is 5.91 Å². The molecule has 1 aromatic heterocycles. The van der Waals surface area contributed by atoms with Gasteiger partial charge in [-0.3, -0.25) is 9.59 Å². The first-order chi connectivity index (χ1) is 24.3. The van der Waals surface area contributed by atoms with Crippen molar-refractivity contribution in [2.75, 3.05) is 19.7 Å². The summed E-state index contributed by atoms with van der Waals surface area (Å²) < 4.78 is 27.0. The van der Waals surface area contributed by atoms with E-state index in [0.29, 0.717) is 50.1 Å². The van der Waals surface area contributed by atoms with E-state index >= 15 is 0 Å². The van der Waals surface area contributed by atoms with Crippen LogP contribution in [0.15, 0.2) is 12.4 Å². The minimum atomic E-state index is -1.33. The quantitative estimate of drug-likeness (QED) is 0.371. The fraction of sp³-hybridized carbons (Fsp3) is 0.805. The molecule has 2 N–H and O–H groups in total. The average Bonchev–Trinajstić information content (AvgIpc) is 3.48. The second-order valence-corrected chi connectivity index (χ2v) is 19.2. The molecule has 5 aliphatic carbocycles. The van der Waals surface area contributed by atoms with E-state index in [1.54, 1.807) is 41.6 Å². The number of aryl methyl sites for hydroxylation is 1. The molecule has 11 atom stereocenters. The predicted octanol–water partition coefficient (Wildman–Crippen LogP) is 5.40. The maximum Gasteiger partial charge on any atom is 0.303 e. The molecule has 7 aliphatic rings. The Hall–Kier alpha value is -2.05. The summed E-state index contributed by atoms with van der Waals surface area (Å²) >= 11 is 0. The van der Waals surface area contributed by atoms with Gasteiger partial charge in [-0.05, 0) is 105 Å². The summed E-state index contributed by atoms with van der Waals surface area (Å²) in [4.78, 5) is 31.4. The number of nitrogens with zero attached hydrogens (tertiary/aromatic N) is 3. The zero-order valence-electron chi connectivity index (χ0n) is 32.7. The van der Waals surface area contributed by atoms with Crippen molar-refractivity contribution in [1.29, 1.82) is 0 Å². The molecule has 2 spiro atoms. The zero-order valence-corrected chi connectivity index (χ0v) is 32.7. The van der Waals surface area contributed by atoms with Crippen LogP contribution in [0.4, 0.5) is 0 Å². The van der Waals surface area contributed by atoms with E-state index in [-0.39, 0.29) is 45.5 Å². The Labute approximate surface area is 309 Å². The van der Waals surface area contributed by atoms with E-state index in [4.69, 9.17) is 18.9 Å². The summed E-state index contributed by atoms with van der Waals surface area (Å²) in [5.74, 6) is 2.10. The fourth-order valence-corrected chi connectivity index (χ4v) is 13.4. The first-order valence-corrected chi connectivity index (χ1v) is 19.7. The van der Waals surface area contributed by atoms with E-state index in [1.807, 2.05) is 7.05 Å². The van der Waals surface area contributed by atoms with E-state index in [0.717, 1.165) is 38.5 Å². The number of carbonyl (C=O) groups excluding carboxylic acids is 2. The minimum absolute atomic E-state index is 0.0135. The smallest absolute Gasteiger partial charge is 0.303 e. The monoisotopic (exact) mass is 722 g/mol. The largest absolute Gasteiger partial charge is 0.456 e. The number of ether oxygens (including phenoxy) is 4.